The lowest BCUT2D eigenvalue weighted by Gasteiger charge is -2.11. The quantitative estimate of drug-likeness (QED) is 0.568. The Kier molecular flexibility index (Phi) is 6.59. The van der Waals surface area contributed by atoms with Gasteiger partial charge in [0.25, 0.3) is 0 Å². The number of aryl methyl sites for hydroxylation is 2. The first-order valence-corrected chi connectivity index (χ1v) is 12.1. The average molecular weight is 450 g/mol. The Hall–Kier alpha value is -2.30. The fourth-order valence-corrected chi connectivity index (χ4v) is 4.90. The number of anilines is 1. The van der Waals surface area contributed by atoms with Gasteiger partial charge in [-0.15, -0.1) is 11.3 Å². The van der Waals surface area contributed by atoms with Crippen molar-refractivity contribution in [2.75, 3.05) is 19.4 Å². The van der Waals surface area contributed by atoms with Gasteiger partial charge < -0.3 is 9.88 Å². The van der Waals surface area contributed by atoms with Crippen LogP contribution in [-0.2, 0) is 27.8 Å². The van der Waals surface area contributed by atoms with E-state index in [2.05, 4.69) is 29.1 Å². The molecule has 3 aromatic rings. The number of thiazole rings is 1. The molecular formula is C20H27N5O3S2. The highest BCUT2D eigenvalue weighted by Crippen LogP contribution is 2.24. The molecule has 0 aliphatic carbocycles. The standard InChI is InChI=1S/C20H27N5O3S2/c1-6-25-17-8-7-14(30(27,28)24(4)5)11-15(17)21-18(25)9-10-19(26)23-20-22-16(12-29-20)13(2)3/h7-8,11-13H,6,9-10H2,1-5H3,(H,22,23,26). The number of imidazole rings is 1. The summed E-state index contributed by atoms with van der Waals surface area (Å²) in [5, 5.41) is 5.40. The molecule has 0 spiro atoms. The molecule has 30 heavy (non-hydrogen) atoms. The number of sulfonamides is 1. The minimum atomic E-state index is -3.53. The fraction of sp³-hybridized carbons (Fsp3) is 0.450. The van der Waals surface area contributed by atoms with Crippen LogP contribution in [0.15, 0.2) is 28.5 Å². The summed E-state index contributed by atoms with van der Waals surface area (Å²) in [6, 6.07) is 4.95. The van der Waals surface area contributed by atoms with Crippen molar-refractivity contribution in [1.82, 2.24) is 18.8 Å². The number of fused-ring (bicyclic) bond motifs is 1. The van der Waals surface area contributed by atoms with Crippen LogP contribution in [0.3, 0.4) is 0 Å². The molecule has 3 rings (SSSR count). The Bertz CT molecular complexity index is 1160. The van der Waals surface area contributed by atoms with Gasteiger partial charge >= 0.3 is 0 Å². The molecule has 0 saturated heterocycles. The molecule has 1 amide bonds. The van der Waals surface area contributed by atoms with E-state index in [1.165, 1.54) is 29.7 Å². The smallest absolute Gasteiger partial charge is 0.242 e. The van der Waals surface area contributed by atoms with Crippen molar-refractivity contribution in [3.05, 3.63) is 35.1 Å². The Morgan fingerprint density at radius 3 is 2.60 bits per heavy atom. The third kappa shape index (κ3) is 4.55. The van der Waals surface area contributed by atoms with Gasteiger partial charge in [-0.05, 0) is 31.0 Å². The summed E-state index contributed by atoms with van der Waals surface area (Å²) in [6.45, 7) is 6.80. The number of rotatable bonds is 8. The zero-order valence-electron chi connectivity index (χ0n) is 17.8. The first-order valence-electron chi connectivity index (χ1n) is 9.80. The molecule has 0 aliphatic heterocycles. The number of carbonyl (C=O) groups is 1. The maximum Gasteiger partial charge on any atom is 0.242 e. The molecule has 10 heteroatoms. The summed E-state index contributed by atoms with van der Waals surface area (Å²) in [5.74, 6) is 0.951. The topological polar surface area (TPSA) is 97.2 Å². The van der Waals surface area contributed by atoms with E-state index in [1.54, 1.807) is 18.2 Å². The molecule has 0 radical (unpaired) electrons. The number of hydrogen-bond acceptors (Lipinski definition) is 6. The minimum Gasteiger partial charge on any atom is -0.328 e. The van der Waals surface area contributed by atoms with Crippen LogP contribution in [-0.4, -0.2) is 47.3 Å². The maximum absolute atomic E-state index is 12.4. The third-order valence-electron chi connectivity index (χ3n) is 4.83. The van der Waals surface area contributed by atoms with Gasteiger partial charge in [0.05, 0.1) is 21.6 Å². The Labute approximate surface area is 181 Å². The van der Waals surface area contributed by atoms with Gasteiger partial charge in [-0.2, -0.15) is 0 Å². The van der Waals surface area contributed by atoms with Crippen molar-refractivity contribution in [2.45, 2.75) is 51.0 Å². The Morgan fingerprint density at radius 2 is 2.00 bits per heavy atom. The molecule has 2 heterocycles. The van der Waals surface area contributed by atoms with Crippen LogP contribution in [0.25, 0.3) is 11.0 Å². The highest BCUT2D eigenvalue weighted by Gasteiger charge is 2.20. The van der Waals surface area contributed by atoms with Gasteiger partial charge in [0.1, 0.15) is 5.82 Å². The van der Waals surface area contributed by atoms with Crippen molar-refractivity contribution in [3.63, 3.8) is 0 Å². The van der Waals surface area contributed by atoms with E-state index in [-0.39, 0.29) is 17.2 Å². The molecule has 0 saturated carbocycles. The highest BCUT2D eigenvalue weighted by atomic mass is 32.2. The van der Waals surface area contributed by atoms with Gasteiger partial charge in [0.2, 0.25) is 15.9 Å². The number of benzene rings is 1. The lowest BCUT2D eigenvalue weighted by molar-refractivity contribution is -0.116. The zero-order valence-corrected chi connectivity index (χ0v) is 19.5. The molecule has 1 aromatic carbocycles. The van der Waals surface area contributed by atoms with Crippen molar-refractivity contribution < 1.29 is 13.2 Å². The Morgan fingerprint density at radius 1 is 1.27 bits per heavy atom. The Balaban J connectivity index is 1.77. The van der Waals surface area contributed by atoms with Crippen LogP contribution in [0.2, 0.25) is 0 Å². The number of nitrogens with zero attached hydrogens (tertiary/aromatic N) is 4. The molecule has 0 aliphatic rings. The molecule has 2 aromatic heterocycles. The van der Waals surface area contributed by atoms with Crippen LogP contribution in [0.1, 0.15) is 44.6 Å². The lowest BCUT2D eigenvalue weighted by Crippen LogP contribution is -2.22. The summed E-state index contributed by atoms with van der Waals surface area (Å²) < 4.78 is 28.0. The van der Waals surface area contributed by atoms with Gasteiger partial charge in [-0.1, -0.05) is 13.8 Å². The van der Waals surface area contributed by atoms with Crippen molar-refractivity contribution in [3.8, 4) is 0 Å². The zero-order chi connectivity index (χ0) is 22.1. The van der Waals surface area contributed by atoms with Crippen LogP contribution in [0.4, 0.5) is 5.13 Å². The predicted octanol–water partition coefficient (Wildman–Crippen LogP) is 3.46. The molecule has 0 atom stereocenters. The molecular weight excluding hydrogens is 422 g/mol. The van der Waals surface area contributed by atoms with Gasteiger partial charge in [-0.25, -0.2) is 22.7 Å². The normalized spacial score (nSPS) is 12.2. The summed E-state index contributed by atoms with van der Waals surface area (Å²) in [6.07, 6.45) is 0.718. The van der Waals surface area contributed by atoms with Crippen molar-refractivity contribution in [1.29, 1.82) is 0 Å². The maximum atomic E-state index is 12.4. The second-order valence-electron chi connectivity index (χ2n) is 7.49. The number of aromatic nitrogens is 3. The number of nitrogens with one attached hydrogen (secondary N) is 1. The van der Waals surface area contributed by atoms with Crippen LogP contribution < -0.4 is 5.32 Å². The SMILES string of the molecule is CCn1c(CCC(=O)Nc2nc(C(C)C)cs2)nc2cc(S(=O)(=O)N(C)C)ccc21. The van der Waals surface area contributed by atoms with E-state index < -0.39 is 10.0 Å². The largest absolute Gasteiger partial charge is 0.328 e. The molecule has 162 valence electrons. The van der Waals surface area contributed by atoms with Crippen LogP contribution >= 0.6 is 11.3 Å². The molecule has 0 bridgehead atoms. The van der Waals surface area contributed by atoms with E-state index in [0.29, 0.717) is 29.5 Å². The number of carbonyl (C=O) groups excluding carboxylic acids is 1. The summed E-state index contributed by atoms with van der Waals surface area (Å²) in [4.78, 5) is 21.6. The van der Waals surface area contributed by atoms with E-state index >= 15 is 0 Å². The van der Waals surface area contributed by atoms with Crippen molar-refractivity contribution >= 4 is 43.4 Å². The number of hydrogen-bond donors (Lipinski definition) is 1. The molecule has 0 fully saturated rings. The molecule has 8 nitrogen and oxygen atoms in total. The monoisotopic (exact) mass is 449 g/mol. The van der Waals surface area contributed by atoms with Crippen LogP contribution in [0, 0.1) is 0 Å². The number of amides is 1. The van der Waals surface area contributed by atoms with E-state index in [0.717, 1.165) is 17.0 Å². The van der Waals surface area contributed by atoms with E-state index in [4.69, 9.17) is 0 Å². The summed E-state index contributed by atoms with van der Waals surface area (Å²) >= 11 is 1.42. The predicted molar refractivity (Wildman–Crippen MR) is 119 cm³/mol. The van der Waals surface area contributed by atoms with Crippen LogP contribution in [0.5, 0.6) is 0 Å². The first kappa shape index (κ1) is 22.4. The van der Waals surface area contributed by atoms with Gasteiger partial charge in [0.15, 0.2) is 5.13 Å². The average Bonchev–Trinajstić information content (AvgIpc) is 3.29. The molecule has 1 N–H and O–H groups in total. The summed E-state index contributed by atoms with van der Waals surface area (Å²) in [5.41, 5.74) is 2.43. The third-order valence-corrected chi connectivity index (χ3v) is 7.42. The summed E-state index contributed by atoms with van der Waals surface area (Å²) in [7, 11) is -0.528. The first-order chi connectivity index (χ1) is 14.1. The highest BCUT2D eigenvalue weighted by molar-refractivity contribution is 7.89. The lowest BCUT2D eigenvalue weighted by atomic mass is 10.2. The minimum absolute atomic E-state index is 0.120. The van der Waals surface area contributed by atoms with E-state index in [9.17, 15) is 13.2 Å². The van der Waals surface area contributed by atoms with Crippen molar-refractivity contribution in [2.24, 2.45) is 0 Å². The van der Waals surface area contributed by atoms with Gasteiger partial charge in [-0.3, -0.25) is 4.79 Å². The second kappa shape index (κ2) is 8.83. The second-order valence-corrected chi connectivity index (χ2v) is 10.5. The van der Waals surface area contributed by atoms with E-state index in [1.807, 2.05) is 16.9 Å². The molecule has 0 unspecified atom stereocenters. The van der Waals surface area contributed by atoms with Gasteiger partial charge in [0, 0.05) is 38.9 Å². The fourth-order valence-electron chi connectivity index (χ4n) is 3.09.